The van der Waals surface area contributed by atoms with E-state index in [9.17, 15) is 4.79 Å². The van der Waals surface area contributed by atoms with Crippen molar-refractivity contribution in [3.8, 4) is 5.75 Å². The van der Waals surface area contributed by atoms with Crippen molar-refractivity contribution in [3.63, 3.8) is 0 Å². The SMILES string of the molecule is CCCCOc1c(CN)n(CC(C)C)c(=O)c2ccc(C(N)=S)cc12.Cl. The third-order valence-electron chi connectivity index (χ3n) is 4.10. The van der Waals surface area contributed by atoms with Crippen molar-refractivity contribution in [2.24, 2.45) is 17.4 Å². The molecule has 0 amide bonds. The van der Waals surface area contributed by atoms with Crippen molar-refractivity contribution in [2.75, 3.05) is 6.61 Å². The van der Waals surface area contributed by atoms with Crippen LogP contribution in [-0.2, 0) is 13.1 Å². The van der Waals surface area contributed by atoms with Gasteiger partial charge in [-0.2, -0.15) is 0 Å². The van der Waals surface area contributed by atoms with Crippen LogP contribution in [0.15, 0.2) is 23.0 Å². The smallest absolute Gasteiger partial charge is 0.258 e. The first kappa shape index (κ1) is 22.4. The number of hydrogen-bond acceptors (Lipinski definition) is 4. The van der Waals surface area contributed by atoms with Gasteiger partial charge in [-0.15, -0.1) is 12.4 Å². The minimum atomic E-state index is -0.0542. The lowest BCUT2D eigenvalue weighted by atomic mass is 10.0. The summed E-state index contributed by atoms with van der Waals surface area (Å²) in [6.45, 7) is 7.67. The van der Waals surface area contributed by atoms with Crippen LogP contribution in [0.3, 0.4) is 0 Å². The third kappa shape index (κ3) is 4.75. The van der Waals surface area contributed by atoms with Crippen LogP contribution in [-0.4, -0.2) is 16.2 Å². The molecule has 1 aromatic heterocycles. The molecule has 7 heteroatoms. The standard InChI is InChI=1S/C19H27N3O2S.ClH/c1-4-5-8-24-17-15-9-13(18(21)25)6-7-14(15)19(23)22(11-12(2)3)16(17)10-20;/h6-7,9,12H,4-5,8,10-11,20H2,1-3H3,(H2,21,25);1H. The zero-order valence-corrected chi connectivity index (χ0v) is 17.2. The Morgan fingerprint density at radius 3 is 2.54 bits per heavy atom. The van der Waals surface area contributed by atoms with Gasteiger partial charge < -0.3 is 20.8 Å². The van der Waals surface area contributed by atoms with Gasteiger partial charge >= 0.3 is 0 Å². The van der Waals surface area contributed by atoms with Gasteiger partial charge in [-0.3, -0.25) is 4.79 Å². The third-order valence-corrected chi connectivity index (χ3v) is 4.33. The van der Waals surface area contributed by atoms with E-state index in [1.807, 2.05) is 6.07 Å². The molecule has 0 fully saturated rings. The molecule has 0 unspecified atom stereocenters. The van der Waals surface area contributed by atoms with Crippen LogP contribution in [0.5, 0.6) is 5.75 Å². The number of nitrogens with two attached hydrogens (primary N) is 2. The number of ether oxygens (including phenoxy) is 1. The van der Waals surface area contributed by atoms with Crippen LogP contribution in [0.4, 0.5) is 0 Å². The molecule has 0 bridgehead atoms. The summed E-state index contributed by atoms with van der Waals surface area (Å²) in [5, 5.41) is 1.33. The van der Waals surface area contributed by atoms with Crippen molar-refractivity contribution in [2.45, 2.75) is 46.7 Å². The summed E-state index contributed by atoms with van der Waals surface area (Å²) >= 11 is 5.08. The van der Waals surface area contributed by atoms with Crippen LogP contribution in [0.25, 0.3) is 10.8 Å². The summed E-state index contributed by atoms with van der Waals surface area (Å²) in [6.07, 6.45) is 1.96. The second-order valence-electron chi connectivity index (χ2n) is 6.62. The fraction of sp³-hybridized carbons (Fsp3) is 0.474. The van der Waals surface area contributed by atoms with E-state index in [1.165, 1.54) is 0 Å². The van der Waals surface area contributed by atoms with Crippen molar-refractivity contribution in [1.82, 2.24) is 4.57 Å². The van der Waals surface area contributed by atoms with Crippen molar-refractivity contribution >= 4 is 40.4 Å². The van der Waals surface area contributed by atoms with Gasteiger partial charge in [0.05, 0.1) is 17.7 Å². The van der Waals surface area contributed by atoms with E-state index in [1.54, 1.807) is 16.7 Å². The summed E-state index contributed by atoms with van der Waals surface area (Å²) < 4.78 is 7.81. The maximum absolute atomic E-state index is 13.0. The van der Waals surface area contributed by atoms with E-state index in [-0.39, 0.29) is 24.5 Å². The summed E-state index contributed by atoms with van der Waals surface area (Å²) in [5.74, 6) is 0.990. The number of pyridine rings is 1. The number of fused-ring (bicyclic) bond motifs is 1. The first-order valence-electron chi connectivity index (χ1n) is 8.72. The molecule has 1 heterocycles. The first-order chi connectivity index (χ1) is 11.9. The Bertz CT molecular complexity index is 834. The van der Waals surface area contributed by atoms with Crippen molar-refractivity contribution in [1.29, 1.82) is 0 Å². The normalized spacial score (nSPS) is 10.8. The summed E-state index contributed by atoms with van der Waals surface area (Å²) in [4.78, 5) is 13.3. The number of benzene rings is 1. The second-order valence-corrected chi connectivity index (χ2v) is 7.06. The van der Waals surface area contributed by atoms with E-state index >= 15 is 0 Å². The molecule has 2 rings (SSSR count). The van der Waals surface area contributed by atoms with E-state index in [4.69, 9.17) is 28.4 Å². The van der Waals surface area contributed by atoms with Crippen LogP contribution in [0, 0.1) is 5.92 Å². The highest BCUT2D eigenvalue weighted by Gasteiger charge is 2.18. The molecular weight excluding hydrogens is 370 g/mol. The Balaban J connectivity index is 0.00000338. The predicted molar refractivity (Wildman–Crippen MR) is 114 cm³/mol. The Labute approximate surface area is 166 Å². The van der Waals surface area contributed by atoms with Crippen molar-refractivity contribution < 1.29 is 4.74 Å². The van der Waals surface area contributed by atoms with E-state index < -0.39 is 0 Å². The molecule has 0 saturated carbocycles. The van der Waals surface area contributed by atoms with Gasteiger partial charge in [0.25, 0.3) is 5.56 Å². The highest BCUT2D eigenvalue weighted by Crippen LogP contribution is 2.29. The maximum Gasteiger partial charge on any atom is 0.258 e. The second kappa shape index (κ2) is 9.90. The zero-order valence-electron chi connectivity index (χ0n) is 15.6. The number of nitrogens with zero attached hydrogens (tertiary/aromatic N) is 1. The molecule has 1 aromatic carbocycles. The van der Waals surface area contributed by atoms with Crippen LogP contribution in [0.1, 0.15) is 44.9 Å². The Hall–Kier alpha value is -1.63. The number of aromatic nitrogens is 1. The zero-order chi connectivity index (χ0) is 18.6. The molecule has 0 spiro atoms. The Morgan fingerprint density at radius 1 is 1.31 bits per heavy atom. The molecular formula is C19H28ClN3O2S. The molecule has 0 aliphatic heterocycles. The van der Waals surface area contributed by atoms with E-state index in [2.05, 4.69) is 20.8 Å². The minimum absolute atomic E-state index is 0. The average Bonchev–Trinajstić information content (AvgIpc) is 2.57. The lowest BCUT2D eigenvalue weighted by molar-refractivity contribution is 0.304. The summed E-state index contributed by atoms with van der Waals surface area (Å²) in [6, 6.07) is 5.39. The van der Waals surface area contributed by atoms with Gasteiger partial charge in [0.15, 0.2) is 0 Å². The summed E-state index contributed by atoms with van der Waals surface area (Å²) in [7, 11) is 0. The Kier molecular flexibility index (Phi) is 8.53. The lowest BCUT2D eigenvalue weighted by Gasteiger charge is -2.20. The topological polar surface area (TPSA) is 83.3 Å². The van der Waals surface area contributed by atoms with E-state index in [0.717, 1.165) is 23.9 Å². The minimum Gasteiger partial charge on any atom is -0.491 e. The quantitative estimate of drug-likeness (QED) is 0.527. The van der Waals surface area contributed by atoms with Gasteiger partial charge in [-0.25, -0.2) is 0 Å². The highest BCUT2D eigenvalue weighted by molar-refractivity contribution is 7.80. The van der Waals surface area contributed by atoms with Crippen LogP contribution < -0.4 is 21.8 Å². The number of unbranched alkanes of at least 4 members (excludes halogenated alkanes) is 1. The number of halogens is 1. The van der Waals surface area contributed by atoms with Gasteiger partial charge in [0, 0.05) is 24.0 Å². The Morgan fingerprint density at radius 2 is 2.00 bits per heavy atom. The molecule has 0 aliphatic rings. The van der Waals surface area contributed by atoms with Gasteiger partial charge in [-0.05, 0) is 24.5 Å². The average molecular weight is 398 g/mol. The monoisotopic (exact) mass is 397 g/mol. The fourth-order valence-electron chi connectivity index (χ4n) is 2.86. The predicted octanol–water partition coefficient (Wildman–Crippen LogP) is 3.35. The molecule has 0 radical (unpaired) electrons. The van der Waals surface area contributed by atoms with Crippen molar-refractivity contribution in [3.05, 3.63) is 39.8 Å². The molecule has 144 valence electrons. The number of rotatable bonds is 8. The molecule has 4 N–H and O–H groups in total. The number of thiocarbonyl (C=S) groups is 1. The van der Waals surface area contributed by atoms with Crippen LogP contribution >= 0.6 is 24.6 Å². The van der Waals surface area contributed by atoms with Gasteiger partial charge in [0.2, 0.25) is 0 Å². The van der Waals surface area contributed by atoms with Gasteiger partial charge in [0.1, 0.15) is 10.7 Å². The lowest BCUT2D eigenvalue weighted by Crippen LogP contribution is -2.28. The van der Waals surface area contributed by atoms with Gasteiger partial charge in [-0.1, -0.05) is 45.5 Å². The number of hydrogen-bond donors (Lipinski definition) is 2. The molecule has 0 saturated heterocycles. The highest BCUT2D eigenvalue weighted by atomic mass is 35.5. The molecule has 0 aliphatic carbocycles. The molecule has 0 atom stereocenters. The van der Waals surface area contributed by atoms with Crippen LogP contribution in [0.2, 0.25) is 0 Å². The maximum atomic E-state index is 13.0. The molecule has 26 heavy (non-hydrogen) atoms. The molecule has 5 nitrogen and oxygen atoms in total. The molecule has 2 aromatic rings. The first-order valence-corrected chi connectivity index (χ1v) is 9.13. The fourth-order valence-corrected chi connectivity index (χ4v) is 2.99. The van der Waals surface area contributed by atoms with E-state index in [0.29, 0.717) is 40.8 Å². The summed E-state index contributed by atoms with van der Waals surface area (Å²) in [5.41, 5.74) is 13.1. The largest absolute Gasteiger partial charge is 0.491 e.